The van der Waals surface area contributed by atoms with E-state index in [1.807, 2.05) is 0 Å². The molecule has 0 saturated carbocycles. The topological polar surface area (TPSA) is 159 Å². The molecule has 0 spiro atoms. The van der Waals surface area contributed by atoms with Crippen molar-refractivity contribution in [2.24, 2.45) is 11.7 Å². The van der Waals surface area contributed by atoms with Crippen LogP contribution in [0, 0.1) is 18.3 Å². The van der Waals surface area contributed by atoms with Gasteiger partial charge < -0.3 is 25.9 Å². The smallest absolute Gasteiger partial charge is 0.304 e. The van der Waals surface area contributed by atoms with E-state index in [-0.39, 0.29) is 36.5 Å². The predicted octanol–water partition coefficient (Wildman–Crippen LogP) is 0.734. The third-order valence-corrected chi connectivity index (χ3v) is 4.67. The van der Waals surface area contributed by atoms with Gasteiger partial charge in [0.1, 0.15) is 11.4 Å². The summed E-state index contributed by atoms with van der Waals surface area (Å²) in [5.74, 6) is -2.27. The molecule has 0 bridgehead atoms. The molecule has 1 aliphatic rings. The second kappa shape index (κ2) is 7.10. The van der Waals surface area contributed by atoms with Crippen LogP contribution in [-0.4, -0.2) is 41.3 Å². The quantitative estimate of drug-likeness (QED) is 0.371. The Labute approximate surface area is 154 Å². The summed E-state index contributed by atoms with van der Waals surface area (Å²) in [5.41, 5.74) is 7.17. The van der Waals surface area contributed by atoms with Crippen molar-refractivity contribution >= 4 is 34.6 Å². The molecule has 6 N–H and O–H groups in total. The normalized spacial score (nSPS) is 19.1. The van der Waals surface area contributed by atoms with Crippen LogP contribution in [-0.2, 0) is 9.59 Å². The van der Waals surface area contributed by atoms with E-state index in [2.05, 4.69) is 10.6 Å². The van der Waals surface area contributed by atoms with Gasteiger partial charge in [0.15, 0.2) is 5.76 Å². The fourth-order valence-corrected chi connectivity index (χ4v) is 3.25. The fourth-order valence-electron chi connectivity index (χ4n) is 3.25. The van der Waals surface area contributed by atoms with Gasteiger partial charge in [0.05, 0.1) is 12.3 Å². The lowest BCUT2D eigenvalue weighted by Crippen LogP contribution is -2.38. The molecule has 2 heterocycles. The Morgan fingerprint density at radius 1 is 1.44 bits per heavy atom. The molecule has 1 saturated heterocycles. The highest BCUT2D eigenvalue weighted by Crippen LogP contribution is 2.26. The van der Waals surface area contributed by atoms with Gasteiger partial charge in [0, 0.05) is 29.1 Å². The molecule has 27 heavy (non-hydrogen) atoms. The van der Waals surface area contributed by atoms with Gasteiger partial charge in [-0.1, -0.05) is 0 Å². The molecule has 0 radical (unpaired) electrons. The first kappa shape index (κ1) is 18.4. The maximum absolute atomic E-state index is 12.5. The standard InChI is InChI=1S/C18H20N4O5/c1-8-12-5-9(16(19)20)2-3-13(12)27-15(8)18(26)21-7-11-4-10(6-14(23)24)17(25)22-11/h2-3,5,10-11H,4,6-7H2,1H3,(H3,19,20)(H,21,26)(H,22,25)(H,23,24). The van der Waals surface area contributed by atoms with Crippen molar-refractivity contribution < 1.29 is 23.9 Å². The third kappa shape index (κ3) is 3.76. The van der Waals surface area contributed by atoms with Crippen molar-refractivity contribution in [3.8, 4) is 0 Å². The van der Waals surface area contributed by atoms with Crippen LogP contribution in [0.3, 0.4) is 0 Å². The Balaban J connectivity index is 1.68. The summed E-state index contributed by atoms with van der Waals surface area (Å²) in [6.07, 6.45) is 0.129. The molecule has 142 valence electrons. The molecular formula is C18H20N4O5. The summed E-state index contributed by atoms with van der Waals surface area (Å²) in [6.45, 7) is 1.92. The molecule has 9 heteroatoms. The van der Waals surface area contributed by atoms with Crippen LogP contribution in [0.1, 0.15) is 34.5 Å². The van der Waals surface area contributed by atoms with Crippen molar-refractivity contribution in [2.75, 3.05) is 6.54 Å². The summed E-state index contributed by atoms with van der Waals surface area (Å²) in [7, 11) is 0. The summed E-state index contributed by atoms with van der Waals surface area (Å²) in [5, 5.41) is 22.4. The maximum Gasteiger partial charge on any atom is 0.304 e. The largest absolute Gasteiger partial charge is 0.481 e. The number of hydrogen-bond acceptors (Lipinski definition) is 5. The molecule has 2 aromatic rings. The number of nitrogens with one attached hydrogen (secondary N) is 3. The van der Waals surface area contributed by atoms with E-state index in [9.17, 15) is 14.4 Å². The Hall–Kier alpha value is -3.36. The number of carboxylic acids is 1. The molecule has 2 atom stereocenters. The molecule has 2 unspecified atom stereocenters. The minimum Gasteiger partial charge on any atom is -0.481 e. The molecule has 3 rings (SSSR count). The molecule has 1 aromatic carbocycles. The van der Waals surface area contributed by atoms with Crippen molar-refractivity contribution in [1.82, 2.24) is 10.6 Å². The average molecular weight is 372 g/mol. The van der Waals surface area contributed by atoms with Crippen LogP contribution < -0.4 is 16.4 Å². The Bertz CT molecular complexity index is 949. The first-order chi connectivity index (χ1) is 12.8. The number of hydrogen-bond donors (Lipinski definition) is 5. The van der Waals surface area contributed by atoms with Crippen molar-refractivity contribution in [3.63, 3.8) is 0 Å². The number of nitrogen functional groups attached to an aromatic ring is 1. The molecule has 2 amide bonds. The highest BCUT2D eigenvalue weighted by atomic mass is 16.4. The summed E-state index contributed by atoms with van der Waals surface area (Å²) >= 11 is 0. The van der Waals surface area contributed by atoms with E-state index in [1.165, 1.54) is 0 Å². The van der Waals surface area contributed by atoms with Gasteiger partial charge >= 0.3 is 5.97 Å². The summed E-state index contributed by atoms with van der Waals surface area (Å²) in [4.78, 5) is 35.0. The van der Waals surface area contributed by atoms with Crippen LogP contribution in [0.25, 0.3) is 11.0 Å². The molecule has 1 fully saturated rings. The molecular weight excluding hydrogens is 352 g/mol. The minimum atomic E-state index is -1.03. The highest BCUT2D eigenvalue weighted by molar-refractivity contribution is 6.02. The second-order valence-corrected chi connectivity index (χ2v) is 6.63. The lowest BCUT2D eigenvalue weighted by molar-refractivity contribution is -0.140. The Morgan fingerprint density at radius 2 is 2.19 bits per heavy atom. The zero-order chi connectivity index (χ0) is 19.7. The molecule has 1 aliphatic heterocycles. The first-order valence-electron chi connectivity index (χ1n) is 8.44. The van der Waals surface area contributed by atoms with Gasteiger partial charge in [0.25, 0.3) is 5.91 Å². The zero-order valence-corrected chi connectivity index (χ0v) is 14.7. The zero-order valence-electron chi connectivity index (χ0n) is 14.7. The SMILES string of the molecule is Cc1c(C(=O)NCC2CC(CC(=O)O)C(=O)N2)oc2ccc(C(=N)N)cc12. The molecule has 9 nitrogen and oxygen atoms in total. The number of amides is 2. The van der Waals surface area contributed by atoms with Gasteiger partial charge in [-0.25, -0.2) is 0 Å². The van der Waals surface area contributed by atoms with Crippen LogP contribution in [0.4, 0.5) is 0 Å². The molecule has 1 aromatic heterocycles. The number of aliphatic carboxylic acids is 1. The van der Waals surface area contributed by atoms with Gasteiger partial charge in [-0.2, -0.15) is 0 Å². The summed E-state index contributed by atoms with van der Waals surface area (Å²) in [6, 6.07) is 4.68. The van der Waals surface area contributed by atoms with E-state index in [0.717, 1.165) is 0 Å². The van der Waals surface area contributed by atoms with Gasteiger partial charge in [0.2, 0.25) is 5.91 Å². The number of furan rings is 1. The Morgan fingerprint density at radius 3 is 2.85 bits per heavy atom. The molecule has 0 aliphatic carbocycles. The lowest BCUT2D eigenvalue weighted by atomic mass is 10.0. The number of rotatable bonds is 6. The van der Waals surface area contributed by atoms with Crippen molar-refractivity contribution in [3.05, 3.63) is 35.1 Å². The van der Waals surface area contributed by atoms with Gasteiger partial charge in [-0.15, -0.1) is 0 Å². The predicted molar refractivity (Wildman–Crippen MR) is 96.6 cm³/mol. The number of amidine groups is 1. The number of carbonyl (C=O) groups excluding carboxylic acids is 2. The number of aryl methyl sites for hydroxylation is 1. The highest BCUT2D eigenvalue weighted by Gasteiger charge is 2.33. The van der Waals surface area contributed by atoms with Crippen molar-refractivity contribution in [1.29, 1.82) is 5.41 Å². The summed E-state index contributed by atoms with van der Waals surface area (Å²) < 4.78 is 5.62. The number of nitrogens with two attached hydrogens (primary N) is 1. The van der Waals surface area contributed by atoms with E-state index in [4.69, 9.17) is 20.7 Å². The number of carboxylic acid groups (broad SMARTS) is 1. The van der Waals surface area contributed by atoms with Gasteiger partial charge in [-0.3, -0.25) is 19.8 Å². The fraction of sp³-hybridized carbons (Fsp3) is 0.333. The first-order valence-corrected chi connectivity index (χ1v) is 8.44. The van der Waals surface area contributed by atoms with Crippen LogP contribution >= 0.6 is 0 Å². The maximum atomic E-state index is 12.5. The van der Waals surface area contributed by atoms with E-state index < -0.39 is 17.8 Å². The van der Waals surface area contributed by atoms with E-state index in [1.54, 1.807) is 25.1 Å². The van der Waals surface area contributed by atoms with Crippen LogP contribution in [0.5, 0.6) is 0 Å². The Kier molecular flexibility index (Phi) is 4.85. The number of benzene rings is 1. The second-order valence-electron chi connectivity index (χ2n) is 6.63. The minimum absolute atomic E-state index is 0.0728. The van der Waals surface area contributed by atoms with Crippen LogP contribution in [0.15, 0.2) is 22.6 Å². The number of carbonyl (C=O) groups is 3. The average Bonchev–Trinajstić information content (AvgIpc) is 3.12. The van der Waals surface area contributed by atoms with E-state index in [0.29, 0.717) is 28.5 Å². The monoisotopic (exact) mass is 372 g/mol. The third-order valence-electron chi connectivity index (χ3n) is 4.67. The number of fused-ring (bicyclic) bond motifs is 1. The van der Waals surface area contributed by atoms with Crippen molar-refractivity contribution in [2.45, 2.75) is 25.8 Å². The lowest BCUT2D eigenvalue weighted by Gasteiger charge is -2.10. The van der Waals surface area contributed by atoms with Gasteiger partial charge in [-0.05, 0) is 31.5 Å². The van der Waals surface area contributed by atoms with Crippen LogP contribution in [0.2, 0.25) is 0 Å². The van der Waals surface area contributed by atoms with E-state index >= 15 is 0 Å².